The number of nitrogens with one attached hydrogen (secondary N) is 1. The Kier molecular flexibility index (Phi) is 7.31. The summed E-state index contributed by atoms with van der Waals surface area (Å²) in [5.41, 5.74) is -1.24. The number of phosphoric acid groups is 3. The van der Waals surface area contributed by atoms with Crippen molar-refractivity contribution in [2.24, 2.45) is 0 Å². The largest absolute Gasteiger partial charge is 0.490 e. The third-order valence-corrected chi connectivity index (χ3v) is 7.51. The zero-order valence-corrected chi connectivity index (χ0v) is 17.9. The highest BCUT2D eigenvalue weighted by atomic mass is 32.1. The standard InChI is InChI=1S/C10H12FN2O14P3S/c1-2-10(25-29(20,21)27-30(22,23)26-28(17,18)19)6(15)5(14)8(24-10)13-3-4(11)7(16)12-9(13)31/h1,3,5-6,8,14-15H,(H,20,21)(H,22,23)(H,12,16,31)(H2,17,18,19)/t5?,6-,8-,10-/m1/s1. The van der Waals surface area contributed by atoms with Gasteiger partial charge in [0.2, 0.25) is 5.82 Å². The van der Waals surface area contributed by atoms with Crippen molar-refractivity contribution in [1.82, 2.24) is 9.55 Å². The van der Waals surface area contributed by atoms with Gasteiger partial charge in [-0.05, 0) is 18.1 Å². The number of hydrogen-bond donors (Lipinski definition) is 7. The number of H-pyrrole nitrogens is 1. The van der Waals surface area contributed by atoms with E-state index in [1.165, 1.54) is 0 Å². The van der Waals surface area contributed by atoms with Gasteiger partial charge in [0.05, 0.1) is 6.20 Å². The molecular formula is C10H12FN2O14P3S. The van der Waals surface area contributed by atoms with Crippen molar-refractivity contribution in [3.63, 3.8) is 0 Å². The molecule has 21 heteroatoms. The molecule has 2 rings (SSSR count). The molecule has 0 radical (unpaired) electrons. The van der Waals surface area contributed by atoms with E-state index < -0.39 is 63.8 Å². The summed E-state index contributed by atoms with van der Waals surface area (Å²) in [6.07, 6.45) is -0.942. The summed E-state index contributed by atoms with van der Waals surface area (Å²) in [6.45, 7) is 0. The summed E-state index contributed by atoms with van der Waals surface area (Å²) in [7, 11) is -17.6. The third kappa shape index (κ3) is 6.02. The Balaban J connectivity index is 2.38. The lowest BCUT2D eigenvalue weighted by atomic mass is 10.1. The SMILES string of the molecule is C#C[C@]1(OP(=O)(O)OP(=O)(O)OP(=O)(O)O)O[C@@H](n2cc(F)c(=O)[nH]c2=S)C(O)[C@H]1O. The van der Waals surface area contributed by atoms with Crippen LogP contribution in [-0.4, -0.2) is 57.3 Å². The van der Waals surface area contributed by atoms with E-state index in [0.717, 1.165) is 0 Å². The van der Waals surface area contributed by atoms with Crippen molar-refractivity contribution < 1.29 is 65.8 Å². The molecule has 0 spiro atoms. The van der Waals surface area contributed by atoms with Crippen molar-refractivity contribution in [3.8, 4) is 12.3 Å². The van der Waals surface area contributed by atoms with E-state index in [1.54, 1.807) is 5.92 Å². The number of nitrogens with zero attached hydrogens (tertiary/aromatic N) is 1. The molecule has 0 aliphatic carbocycles. The van der Waals surface area contributed by atoms with Crippen LogP contribution in [0.2, 0.25) is 0 Å². The summed E-state index contributed by atoms with van der Waals surface area (Å²) in [5, 5.41) is 20.3. The summed E-state index contributed by atoms with van der Waals surface area (Å²) >= 11 is 4.76. The number of halogens is 1. The van der Waals surface area contributed by atoms with Crippen LogP contribution in [0.1, 0.15) is 6.23 Å². The van der Waals surface area contributed by atoms with Gasteiger partial charge < -0.3 is 34.5 Å². The van der Waals surface area contributed by atoms with E-state index in [2.05, 4.69) is 13.1 Å². The van der Waals surface area contributed by atoms with Crippen LogP contribution in [0, 0.1) is 22.9 Å². The number of hydrogen-bond acceptors (Lipinski definition) is 11. The highest BCUT2D eigenvalue weighted by molar-refractivity contribution is 7.71. The highest BCUT2D eigenvalue weighted by Gasteiger charge is 2.60. The molecule has 1 aliphatic rings. The molecule has 6 atom stereocenters. The van der Waals surface area contributed by atoms with Gasteiger partial charge in [-0.1, -0.05) is 0 Å². The fourth-order valence-electron chi connectivity index (χ4n) is 2.26. The number of aliphatic hydroxyl groups is 2. The quantitative estimate of drug-likeness (QED) is 0.127. The van der Waals surface area contributed by atoms with Crippen LogP contribution in [-0.2, 0) is 31.6 Å². The van der Waals surface area contributed by atoms with Crippen molar-refractivity contribution in [2.45, 2.75) is 24.2 Å². The zero-order chi connectivity index (χ0) is 24.0. The van der Waals surface area contributed by atoms with Crippen molar-refractivity contribution >= 4 is 35.7 Å². The van der Waals surface area contributed by atoms with Gasteiger partial charge in [-0.3, -0.25) is 14.3 Å². The van der Waals surface area contributed by atoms with Gasteiger partial charge in [-0.25, -0.2) is 18.2 Å². The lowest BCUT2D eigenvalue weighted by molar-refractivity contribution is -0.187. The summed E-state index contributed by atoms with van der Waals surface area (Å²) in [5.74, 6) is -2.98. The number of ether oxygens (including phenoxy) is 1. The minimum absolute atomic E-state index is 0.444. The van der Waals surface area contributed by atoms with Gasteiger partial charge in [-0.15, -0.1) is 6.42 Å². The number of aromatic amines is 1. The van der Waals surface area contributed by atoms with E-state index in [9.17, 15) is 38.0 Å². The molecule has 1 aromatic heterocycles. The molecule has 0 aromatic carbocycles. The fraction of sp³-hybridized carbons (Fsp3) is 0.400. The van der Waals surface area contributed by atoms with Crippen LogP contribution in [0.5, 0.6) is 0 Å². The molecule has 31 heavy (non-hydrogen) atoms. The topological polar surface area (TPSA) is 247 Å². The van der Waals surface area contributed by atoms with Gasteiger partial charge in [0.25, 0.3) is 11.3 Å². The van der Waals surface area contributed by atoms with Crippen LogP contribution < -0.4 is 5.56 Å². The second-order valence-electron chi connectivity index (χ2n) is 5.58. The number of terminal acetylenes is 1. The molecule has 16 nitrogen and oxygen atoms in total. The Morgan fingerprint density at radius 3 is 2.32 bits per heavy atom. The van der Waals surface area contributed by atoms with Crippen molar-refractivity contribution in [2.75, 3.05) is 0 Å². The minimum Gasteiger partial charge on any atom is -0.385 e. The molecule has 7 N–H and O–H groups in total. The van der Waals surface area contributed by atoms with Crippen molar-refractivity contribution in [3.05, 3.63) is 27.1 Å². The van der Waals surface area contributed by atoms with E-state index >= 15 is 0 Å². The molecule has 1 fully saturated rings. The van der Waals surface area contributed by atoms with E-state index in [4.69, 9.17) is 38.1 Å². The fourth-order valence-corrected chi connectivity index (χ4v) is 5.69. The Hall–Kier alpha value is -1.12. The van der Waals surface area contributed by atoms with Gasteiger partial charge in [0, 0.05) is 0 Å². The van der Waals surface area contributed by atoms with Gasteiger partial charge >= 0.3 is 23.5 Å². The molecule has 1 aromatic rings. The molecule has 174 valence electrons. The first-order valence-corrected chi connectivity index (χ1v) is 12.2. The lowest BCUT2D eigenvalue weighted by Gasteiger charge is -2.28. The molecule has 1 aliphatic heterocycles. The maximum Gasteiger partial charge on any atom is 0.490 e. The Morgan fingerprint density at radius 1 is 1.23 bits per heavy atom. The monoisotopic (exact) mass is 528 g/mol. The molecule has 0 amide bonds. The predicted octanol–water partition coefficient (Wildman–Crippen LogP) is -1.03. The first-order chi connectivity index (χ1) is 13.9. The molecule has 3 unspecified atom stereocenters. The Bertz CT molecular complexity index is 1170. The molecular weight excluding hydrogens is 516 g/mol. The van der Waals surface area contributed by atoms with Crippen LogP contribution >= 0.6 is 35.7 Å². The van der Waals surface area contributed by atoms with Gasteiger partial charge in [0.1, 0.15) is 6.10 Å². The Morgan fingerprint density at radius 2 is 1.81 bits per heavy atom. The predicted molar refractivity (Wildman–Crippen MR) is 94.5 cm³/mol. The van der Waals surface area contributed by atoms with Crippen LogP contribution in [0.25, 0.3) is 0 Å². The average Bonchev–Trinajstić information content (AvgIpc) is 2.80. The van der Waals surface area contributed by atoms with E-state index in [1.807, 2.05) is 4.98 Å². The average molecular weight is 528 g/mol. The molecule has 0 bridgehead atoms. The number of aromatic nitrogens is 2. The van der Waals surface area contributed by atoms with Gasteiger partial charge in [0.15, 0.2) is 17.1 Å². The first-order valence-electron chi connectivity index (χ1n) is 7.29. The normalized spacial score (nSPS) is 30.3. The minimum atomic E-state index is -5.94. The number of rotatable bonds is 7. The Labute approximate surface area is 175 Å². The highest BCUT2D eigenvalue weighted by Crippen LogP contribution is 2.67. The van der Waals surface area contributed by atoms with Crippen LogP contribution in [0.3, 0.4) is 0 Å². The second kappa shape index (κ2) is 8.67. The smallest absolute Gasteiger partial charge is 0.385 e. The maximum absolute atomic E-state index is 13.6. The van der Waals surface area contributed by atoms with E-state index in [-0.39, 0.29) is 0 Å². The number of phosphoric ester groups is 1. The molecule has 1 saturated heterocycles. The van der Waals surface area contributed by atoms with Crippen molar-refractivity contribution in [1.29, 1.82) is 0 Å². The third-order valence-electron chi connectivity index (χ3n) is 3.37. The lowest BCUT2D eigenvalue weighted by Crippen LogP contribution is -2.43. The number of aliphatic hydroxyl groups excluding tert-OH is 2. The van der Waals surface area contributed by atoms with Gasteiger partial charge in [-0.2, -0.15) is 13.0 Å². The van der Waals surface area contributed by atoms with Crippen LogP contribution in [0.4, 0.5) is 4.39 Å². The molecule has 2 heterocycles. The first kappa shape index (κ1) is 26.1. The maximum atomic E-state index is 13.6. The summed E-state index contributed by atoms with van der Waals surface area (Å²) in [6, 6.07) is 0. The second-order valence-corrected chi connectivity index (χ2v) is 10.3. The summed E-state index contributed by atoms with van der Waals surface area (Å²) in [4.78, 5) is 48.9. The van der Waals surface area contributed by atoms with Crippen LogP contribution in [0.15, 0.2) is 11.0 Å². The molecule has 0 saturated carbocycles. The van der Waals surface area contributed by atoms with E-state index in [0.29, 0.717) is 10.8 Å². The zero-order valence-electron chi connectivity index (χ0n) is 14.4. The summed E-state index contributed by atoms with van der Waals surface area (Å²) < 4.78 is 64.1.